The second-order valence-corrected chi connectivity index (χ2v) is 4.50. The normalized spacial score (nSPS) is 11.5. The second-order valence-electron chi connectivity index (χ2n) is 4.50. The van der Waals surface area contributed by atoms with Crippen LogP contribution in [-0.4, -0.2) is 39.0 Å². The highest BCUT2D eigenvalue weighted by molar-refractivity contribution is 5.59. The van der Waals surface area contributed by atoms with E-state index in [9.17, 15) is 13.2 Å². The van der Waals surface area contributed by atoms with Crippen LogP contribution in [0.15, 0.2) is 18.5 Å². The van der Waals surface area contributed by atoms with Crippen molar-refractivity contribution in [3.63, 3.8) is 0 Å². The molecule has 0 saturated carbocycles. The minimum Gasteiger partial charge on any atom is -0.370 e. The van der Waals surface area contributed by atoms with E-state index in [4.69, 9.17) is 0 Å². The van der Waals surface area contributed by atoms with Gasteiger partial charge in [-0.05, 0) is 19.4 Å². The summed E-state index contributed by atoms with van der Waals surface area (Å²) in [5.41, 5.74) is 0.613. The number of nitrogens with one attached hydrogen (secondary N) is 2. The summed E-state index contributed by atoms with van der Waals surface area (Å²) in [6.45, 7) is 3.17. The van der Waals surface area contributed by atoms with E-state index in [0.29, 0.717) is 24.3 Å². The van der Waals surface area contributed by atoms with Crippen LogP contribution in [0, 0.1) is 0 Å². The average Bonchev–Trinajstić information content (AvgIpc) is 2.98. The lowest BCUT2D eigenvalue weighted by molar-refractivity contribution is -0.115. The predicted octanol–water partition coefficient (Wildman–Crippen LogP) is 2.63. The third-order valence-electron chi connectivity index (χ3n) is 2.86. The molecule has 0 amide bonds. The number of halogens is 3. The molecule has 0 aliphatic heterocycles. The molecule has 0 fully saturated rings. The Bertz CT molecular complexity index is 609. The molecule has 0 radical (unpaired) electrons. The molecular formula is C13H17F3N6. The summed E-state index contributed by atoms with van der Waals surface area (Å²) >= 11 is 0. The Morgan fingerprint density at radius 3 is 2.32 bits per heavy atom. The topological polar surface area (TPSA) is 67.7 Å². The Morgan fingerprint density at radius 1 is 1.14 bits per heavy atom. The van der Waals surface area contributed by atoms with Crippen LogP contribution >= 0.6 is 0 Å². The fourth-order valence-electron chi connectivity index (χ4n) is 1.94. The fourth-order valence-corrected chi connectivity index (χ4v) is 1.94. The number of anilines is 2. The molecule has 0 aromatic carbocycles. The van der Waals surface area contributed by atoms with Gasteiger partial charge in [0, 0.05) is 24.5 Å². The van der Waals surface area contributed by atoms with Gasteiger partial charge in [0.25, 0.3) is 5.95 Å². The van der Waals surface area contributed by atoms with Gasteiger partial charge >= 0.3 is 6.18 Å². The SMILES string of the molecule is CCNc1nc(-n2cccn2)nc(NCC(F)(F)F)c1CC. The summed E-state index contributed by atoms with van der Waals surface area (Å²) in [7, 11) is 0. The minimum atomic E-state index is -4.32. The summed E-state index contributed by atoms with van der Waals surface area (Å²) in [4.78, 5) is 8.51. The zero-order valence-electron chi connectivity index (χ0n) is 12.3. The van der Waals surface area contributed by atoms with Gasteiger partial charge in [0.05, 0.1) is 0 Å². The standard InChI is InChI=1S/C13H17F3N6/c1-3-9-10(17-4-2)20-12(22-7-5-6-19-22)21-11(9)18-8-13(14,15)16/h5-7H,3-4,8H2,1-2H3,(H2,17,18,20,21). The van der Waals surface area contributed by atoms with Crippen molar-refractivity contribution in [2.45, 2.75) is 26.4 Å². The second kappa shape index (κ2) is 6.63. The molecule has 0 aliphatic rings. The Morgan fingerprint density at radius 2 is 1.82 bits per heavy atom. The third kappa shape index (κ3) is 3.86. The number of hydrogen-bond acceptors (Lipinski definition) is 5. The Labute approximate surface area is 125 Å². The molecular weight excluding hydrogens is 297 g/mol. The van der Waals surface area contributed by atoms with E-state index in [1.54, 1.807) is 18.5 Å². The summed E-state index contributed by atoms with van der Waals surface area (Å²) in [6, 6.07) is 1.69. The number of rotatable bonds is 6. The molecule has 2 rings (SSSR count). The highest BCUT2D eigenvalue weighted by Crippen LogP contribution is 2.24. The van der Waals surface area contributed by atoms with E-state index in [1.807, 2.05) is 13.8 Å². The zero-order valence-corrected chi connectivity index (χ0v) is 12.3. The van der Waals surface area contributed by atoms with Crippen molar-refractivity contribution >= 4 is 11.6 Å². The molecule has 0 unspecified atom stereocenters. The van der Waals surface area contributed by atoms with E-state index in [-0.39, 0.29) is 11.8 Å². The van der Waals surface area contributed by atoms with Crippen LogP contribution in [-0.2, 0) is 6.42 Å². The largest absolute Gasteiger partial charge is 0.405 e. The van der Waals surface area contributed by atoms with Gasteiger partial charge in [-0.1, -0.05) is 6.92 Å². The number of hydrogen-bond donors (Lipinski definition) is 2. The maximum absolute atomic E-state index is 12.5. The molecule has 120 valence electrons. The molecule has 0 saturated heterocycles. The first-order valence-electron chi connectivity index (χ1n) is 6.90. The Hall–Kier alpha value is -2.32. The maximum Gasteiger partial charge on any atom is 0.405 e. The van der Waals surface area contributed by atoms with Crippen molar-refractivity contribution in [1.29, 1.82) is 0 Å². The molecule has 0 bridgehead atoms. The first-order valence-corrected chi connectivity index (χ1v) is 6.90. The lowest BCUT2D eigenvalue weighted by Crippen LogP contribution is -2.23. The van der Waals surface area contributed by atoms with E-state index >= 15 is 0 Å². The first kappa shape index (κ1) is 16.1. The van der Waals surface area contributed by atoms with Gasteiger partial charge in [-0.2, -0.15) is 28.2 Å². The Kier molecular flexibility index (Phi) is 4.84. The summed E-state index contributed by atoms with van der Waals surface area (Å²) in [6.07, 6.45) is -0.640. The minimum absolute atomic E-state index is 0.163. The zero-order chi connectivity index (χ0) is 16.2. The molecule has 0 aliphatic carbocycles. The summed E-state index contributed by atoms with van der Waals surface area (Å²) in [5.74, 6) is 0.884. The van der Waals surface area contributed by atoms with Crippen LogP contribution in [0.1, 0.15) is 19.4 Å². The van der Waals surface area contributed by atoms with Gasteiger partial charge in [-0.15, -0.1) is 0 Å². The summed E-state index contributed by atoms with van der Waals surface area (Å²) in [5, 5.41) is 9.41. The highest BCUT2D eigenvalue weighted by atomic mass is 19.4. The molecule has 2 heterocycles. The number of nitrogens with zero attached hydrogens (tertiary/aromatic N) is 4. The van der Waals surface area contributed by atoms with Crippen LogP contribution in [0.2, 0.25) is 0 Å². The Balaban J connectivity index is 2.43. The smallest absolute Gasteiger partial charge is 0.370 e. The maximum atomic E-state index is 12.5. The van der Waals surface area contributed by atoms with Crippen molar-refractivity contribution in [2.75, 3.05) is 23.7 Å². The van der Waals surface area contributed by atoms with E-state index in [0.717, 1.165) is 0 Å². The predicted molar refractivity (Wildman–Crippen MR) is 77.2 cm³/mol. The monoisotopic (exact) mass is 314 g/mol. The number of aromatic nitrogens is 4. The molecule has 0 spiro atoms. The molecule has 2 aromatic heterocycles. The van der Waals surface area contributed by atoms with Crippen molar-refractivity contribution in [2.24, 2.45) is 0 Å². The molecule has 2 aromatic rings. The van der Waals surface area contributed by atoms with Crippen molar-refractivity contribution in [3.05, 3.63) is 24.0 Å². The van der Waals surface area contributed by atoms with Gasteiger partial charge in [-0.25, -0.2) is 4.68 Å². The van der Waals surface area contributed by atoms with Gasteiger partial charge in [-0.3, -0.25) is 0 Å². The molecule has 6 nitrogen and oxygen atoms in total. The van der Waals surface area contributed by atoms with Crippen LogP contribution in [0.4, 0.5) is 24.8 Å². The van der Waals surface area contributed by atoms with Crippen molar-refractivity contribution < 1.29 is 13.2 Å². The lowest BCUT2D eigenvalue weighted by Gasteiger charge is -2.16. The average molecular weight is 314 g/mol. The molecule has 2 N–H and O–H groups in total. The van der Waals surface area contributed by atoms with E-state index in [2.05, 4.69) is 25.7 Å². The van der Waals surface area contributed by atoms with Crippen LogP contribution in [0.3, 0.4) is 0 Å². The lowest BCUT2D eigenvalue weighted by atomic mass is 10.2. The van der Waals surface area contributed by atoms with Gasteiger partial charge in [0.1, 0.15) is 18.2 Å². The fraction of sp³-hybridized carbons (Fsp3) is 0.462. The van der Waals surface area contributed by atoms with E-state index < -0.39 is 12.7 Å². The van der Waals surface area contributed by atoms with Crippen LogP contribution in [0.5, 0.6) is 0 Å². The van der Waals surface area contributed by atoms with Crippen molar-refractivity contribution in [1.82, 2.24) is 19.7 Å². The van der Waals surface area contributed by atoms with Gasteiger partial charge in [0.15, 0.2) is 0 Å². The quantitative estimate of drug-likeness (QED) is 0.858. The molecule has 9 heteroatoms. The van der Waals surface area contributed by atoms with Crippen molar-refractivity contribution in [3.8, 4) is 5.95 Å². The van der Waals surface area contributed by atoms with Crippen LogP contribution in [0.25, 0.3) is 5.95 Å². The van der Waals surface area contributed by atoms with Gasteiger partial charge < -0.3 is 10.6 Å². The number of alkyl halides is 3. The third-order valence-corrected chi connectivity index (χ3v) is 2.86. The highest BCUT2D eigenvalue weighted by Gasteiger charge is 2.28. The first-order chi connectivity index (χ1) is 10.4. The van der Waals surface area contributed by atoms with E-state index in [1.165, 1.54) is 4.68 Å². The summed E-state index contributed by atoms with van der Waals surface area (Å²) < 4.78 is 38.8. The van der Waals surface area contributed by atoms with Crippen LogP contribution < -0.4 is 10.6 Å². The molecule has 22 heavy (non-hydrogen) atoms. The van der Waals surface area contributed by atoms with Gasteiger partial charge in [0.2, 0.25) is 0 Å². The molecule has 0 atom stereocenters.